The molecule has 0 unspecified atom stereocenters. The molecule has 10 nitrogen and oxygen atoms in total. The van der Waals surface area contributed by atoms with Crippen LogP contribution in [0.25, 0.3) is 10.6 Å². The van der Waals surface area contributed by atoms with Crippen LogP contribution in [0.2, 0.25) is 0 Å². The maximum Gasteiger partial charge on any atom is 0.291 e. The average molecular weight is 426 g/mol. The van der Waals surface area contributed by atoms with Gasteiger partial charge in [0, 0.05) is 30.5 Å². The third-order valence-electron chi connectivity index (χ3n) is 4.88. The van der Waals surface area contributed by atoms with Crippen LogP contribution in [-0.2, 0) is 11.2 Å². The molecule has 154 valence electrons. The Kier molecular flexibility index (Phi) is 4.89. The summed E-state index contributed by atoms with van der Waals surface area (Å²) in [5, 5.41) is 11.5. The fraction of sp³-hybridized carbons (Fsp3) is 0.316. The first-order valence-electron chi connectivity index (χ1n) is 9.50. The molecule has 1 aromatic carbocycles. The van der Waals surface area contributed by atoms with Crippen molar-refractivity contribution in [3.63, 3.8) is 0 Å². The van der Waals surface area contributed by atoms with Crippen LogP contribution in [-0.4, -0.2) is 69.8 Å². The smallest absolute Gasteiger partial charge is 0.291 e. The highest BCUT2D eigenvalue weighted by Gasteiger charge is 2.23. The van der Waals surface area contributed by atoms with Gasteiger partial charge in [0.2, 0.25) is 11.8 Å². The monoisotopic (exact) mass is 426 g/mol. The molecule has 4 heterocycles. The second-order valence-corrected chi connectivity index (χ2v) is 7.68. The van der Waals surface area contributed by atoms with Crippen molar-refractivity contribution in [3.05, 3.63) is 40.7 Å². The van der Waals surface area contributed by atoms with Gasteiger partial charge in [0.1, 0.15) is 16.5 Å². The minimum absolute atomic E-state index is 0.0286. The lowest BCUT2D eigenvalue weighted by Gasteiger charge is -2.25. The zero-order valence-corrected chi connectivity index (χ0v) is 16.7. The van der Waals surface area contributed by atoms with Gasteiger partial charge in [-0.05, 0) is 23.8 Å². The summed E-state index contributed by atoms with van der Waals surface area (Å²) < 4.78 is 10.8. The highest BCUT2D eigenvalue weighted by atomic mass is 32.1. The zero-order valence-electron chi connectivity index (χ0n) is 15.9. The Balaban J connectivity index is 1.26. The molecule has 2 aliphatic heterocycles. The Bertz CT molecular complexity index is 1100. The van der Waals surface area contributed by atoms with E-state index in [-0.39, 0.29) is 23.4 Å². The molecule has 0 bridgehead atoms. The number of hydrogen-bond donors (Lipinski definition) is 2. The van der Waals surface area contributed by atoms with Crippen molar-refractivity contribution in [1.29, 1.82) is 0 Å². The van der Waals surface area contributed by atoms with Crippen LogP contribution in [0.5, 0.6) is 5.75 Å². The Morgan fingerprint density at radius 2 is 2.03 bits per heavy atom. The van der Waals surface area contributed by atoms with Gasteiger partial charge >= 0.3 is 0 Å². The normalized spacial score (nSPS) is 15.5. The number of amides is 2. The number of ether oxygens (including phenoxy) is 2. The van der Waals surface area contributed by atoms with Crippen molar-refractivity contribution in [2.24, 2.45) is 0 Å². The van der Waals surface area contributed by atoms with Crippen LogP contribution >= 0.6 is 11.3 Å². The minimum atomic E-state index is -0.439. The Morgan fingerprint density at radius 1 is 1.17 bits per heavy atom. The lowest BCUT2D eigenvalue weighted by atomic mass is 10.1. The van der Waals surface area contributed by atoms with Crippen molar-refractivity contribution < 1.29 is 19.1 Å². The van der Waals surface area contributed by atoms with Crippen LogP contribution in [0.4, 0.5) is 5.95 Å². The number of aromatic amines is 1. The van der Waals surface area contributed by atoms with Crippen molar-refractivity contribution in [1.82, 2.24) is 25.1 Å². The van der Waals surface area contributed by atoms with Gasteiger partial charge in [-0.3, -0.25) is 20.0 Å². The highest BCUT2D eigenvalue weighted by Crippen LogP contribution is 2.32. The molecule has 0 spiro atoms. The van der Waals surface area contributed by atoms with Gasteiger partial charge in [-0.25, -0.2) is 4.98 Å². The molecule has 2 aromatic heterocycles. The molecule has 2 N–H and O–H groups in total. The number of hydrogen-bond acceptors (Lipinski definition) is 8. The van der Waals surface area contributed by atoms with E-state index in [9.17, 15) is 9.59 Å². The maximum atomic E-state index is 12.5. The number of morpholine rings is 1. The highest BCUT2D eigenvalue weighted by molar-refractivity contribution is 7.13. The molecule has 5 rings (SSSR count). The summed E-state index contributed by atoms with van der Waals surface area (Å²) in [6.45, 7) is 2.67. The number of nitrogens with one attached hydrogen (secondary N) is 2. The van der Waals surface area contributed by atoms with Gasteiger partial charge in [0.05, 0.1) is 19.8 Å². The molecule has 1 fully saturated rings. The second kappa shape index (κ2) is 7.84. The van der Waals surface area contributed by atoms with E-state index >= 15 is 0 Å². The predicted molar refractivity (Wildman–Crippen MR) is 108 cm³/mol. The van der Waals surface area contributed by atoms with Gasteiger partial charge in [0.15, 0.2) is 0 Å². The third-order valence-corrected chi connectivity index (χ3v) is 5.78. The third kappa shape index (κ3) is 3.64. The van der Waals surface area contributed by atoms with Crippen molar-refractivity contribution in [3.8, 4) is 16.3 Å². The summed E-state index contributed by atoms with van der Waals surface area (Å²) >= 11 is 1.38. The van der Waals surface area contributed by atoms with E-state index in [0.717, 1.165) is 28.3 Å². The first-order valence-corrected chi connectivity index (χ1v) is 10.4. The minimum Gasteiger partial charge on any atom is -0.493 e. The van der Waals surface area contributed by atoms with Gasteiger partial charge in [-0.2, -0.15) is 4.98 Å². The first kappa shape index (κ1) is 18.7. The van der Waals surface area contributed by atoms with E-state index < -0.39 is 5.91 Å². The second-order valence-electron chi connectivity index (χ2n) is 6.83. The molecular formula is C19H18N6O4S. The average Bonchev–Trinajstić information content (AvgIpc) is 3.53. The Morgan fingerprint density at radius 3 is 2.90 bits per heavy atom. The number of rotatable bonds is 4. The number of benzene rings is 1. The van der Waals surface area contributed by atoms with Gasteiger partial charge in [-0.1, -0.05) is 0 Å². The number of carbonyl (C=O) groups excluding carboxylic acids is 2. The number of thiazole rings is 1. The number of anilines is 1. The van der Waals surface area contributed by atoms with Crippen molar-refractivity contribution in [2.75, 3.05) is 38.2 Å². The van der Waals surface area contributed by atoms with Crippen LogP contribution < -0.4 is 10.1 Å². The molecule has 0 radical (unpaired) electrons. The molecule has 0 atom stereocenters. The summed E-state index contributed by atoms with van der Waals surface area (Å²) in [6.07, 6.45) is 0.873. The predicted octanol–water partition coefficient (Wildman–Crippen LogP) is 1.59. The van der Waals surface area contributed by atoms with Crippen LogP contribution in [0, 0.1) is 0 Å². The van der Waals surface area contributed by atoms with E-state index in [2.05, 4.69) is 25.5 Å². The Labute approximate surface area is 175 Å². The van der Waals surface area contributed by atoms with E-state index in [1.54, 1.807) is 10.3 Å². The number of fused-ring (bicyclic) bond motifs is 1. The summed E-state index contributed by atoms with van der Waals surface area (Å²) in [5.74, 6) is 0.293. The van der Waals surface area contributed by atoms with E-state index in [1.165, 1.54) is 11.3 Å². The summed E-state index contributed by atoms with van der Waals surface area (Å²) in [5.41, 5.74) is 2.35. The topological polar surface area (TPSA) is 122 Å². The van der Waals surface area contributed by atoms with Crippen LogP contribution in [0.3, 0.4) is 0 Å². The van der Waals surface area contributed by atoms with Crippen LogP contribution in [0.1, 0.15) is 26.7 Å². The lowest BCUT2D eigenvalue weighted by Crippen LogP contribution is -2.41. The molecule has 0 saturated carbocycles. The zero-order chi connectivity index (χ0) is 20.5. The largest absolute Gasteiger partial charge is 0.493 e. The molecule has 11 heteroatoms. The van der Waals surface area contributed by atoms with Gasteiger partial charge < -0.3 is 14.4 Å². The molecule has 1 saturated heterocycles. The van der Waals surface area contributed by atoms with E-state index in [4.69, 9.17) is 9.47 Å². The summed E-state index contributed by atoms with van der Waals surface area (Å²) in [4.78, 5) is 35.1. The number of nitrogens with zero attached hydrogens (tertiary/aromatic N) is 4. The summed E-state index contributed by atoms with van der Waals surface area (Å²) in [6, 6.07) is 5.91. The van der Waals surface area contributed by atoms with Crippen molar-refractivity contribution in [2.45, 2.75) is 6.42 Å². The Hall–Kier alpha value is -3.31. The molecule has 2 aliphatic rings. The fourth-order valence-corrected chi connectivity index (χ4v) is 4.12. The quantitative estimate of drug-likeness (QED) is 0.649. The summed E-state index contributed by atoms with van der Waals surface area (Å²) in [7, 11) is 0. The molecule has 2 amide bonds. The van der Waals surface area contributed by atoms with Crippen molar-refractivity contribution >= 4 is 29.1 Å². The van der Waals surface area contributed by atoms with Gasteiger partial charge in [0.25, 0.3) is 11.8 Å². The van der Waals surface area contributed by atoms with E-state index in [1.807, 2.05) is 18.2 Å². The fourth-order valence-electron chi connectivity index (χ4n) is 3.33. The maximum absolute atomic E-state index is 12.5. The van der Waals surface area contributed by atoms with E-state index in [0.29, 0.717) is 32.9 Å². The SMILES string of the molecule is O=C(Nc1n[nH]c(C(=O)N2CCOCC2)n1)c1csc(-c2ccc3c(c2)CCO3)n1. The number of aromatic nitrogens is 4. The van der Waals surface area contributed by atoms with Crippen LogP contribution in [0.15, 0.2) is 23.6 Å². The molecule has 0 aliphatic carbocycles. The lowest BCUT2D eigenvalue weighted by molar-refractivity contribution is 0.0295. The number of H-pyrrole nitrogens is 1. The standard InChI is InChI=1S/C19H18N6O4S/c26-16(22-19-21-15(23-24-19)18(27)25-4-7-28-8-5-25)13-10-30-17(20-13)12-1-2-14-11(9-12)3-6-29-14/h1-2,9-10H,3-8H2,(H2,21,22,23,24,26). The first-order chi connectivity index (χ1) is 14.7. The molecular weight excluding hydrogens is 408 g/mol. The molecule has 3 aromatic rings. The molecule has 30 heavy (non-hydrogen) atoms. The van der Waals surface area contributed by atoms with Gasteiger partial charge in [-0.15, -0.1) is 16.4 Å². The number of carbonyl (C=O) groups is 2.